The SMILES string of the molecule is CC(N)CCC1CN(C(N)=O)C1. The standard InChI is InChI=1S/C8H17N3O/c1-6(9)2-3-7-4-11(5-7)8(10)12/h6-7H,2-5,9H2,1H3,(H2,10,12). The fourth-order valence-corrected chi connectivity index (χ4v) is 1.43. The van der Waals surface area contributed by atoms with Gasteiger partial charge in [0.15, 0.2) is 0 Å². The Hall–Kier alpha value is -0.770. The van der Waals surface area contributed by atoms with Gasteiger partial charge in [-0.25, -0.2) is 4.79 Å². The van der Waals surface area contributed by atoms with Gasteiger partial charge in [-0.2, -0.15) is 0 Å². The van der Waals surface area contributed by atoms with Gasteiger partial charge in [0.2, 0.25) is 0 Å². The largest absolute Gasteiger partial charge is 0.351 e. The van der Waals surface area contributed by atoms with Crippen LogP contribution in [0.5, 0.6) is 0 Å². The topological polar surface area (TPSA) is 72.3 Å². The number of urea groups is 1. The van der Waals surface area contributed by atoms with Crippen molar-refractivity contribution in [2.45, 2.75) is 25.8 Å². The quantitative estimate of drug-likeness (QED) is 0.633. The third kappa shape index (κ3) is 2.37. The van der Waals surface area contributed by atoms with Gasteiger partial charge in [-0.05, 0) is 25.7 Å². The van der Waals surface area contributed by atoms with E-state index in [1.165, 1.54) is 0 Å². The van der Waals surface area contributed by atoms with Crippen molar-refractivity contribution in [3.8, 4) is 0 Å². The molecular weight excluding hydrogens is 154 g/mol. The maximum absolute atomic E-state index is 10.6. The second kappa shape index (κ2) is 3.76. The van der Waals surface area contributed by atoms with Crippen LogP contribution in [-0.4, -0.2) is 30.1 Å². The van der Waals surface area contributed by atoms with Crippen LogP contribution in [0.4, 0.5) is 4.79 Å². The number of nitrogens with zero attached hydrogens (tertiary/aromatic N) is 1. The lowest BCUT2D eigenvalue weighted by Crippen LogP contribution is -2.52. The second-order valence-corrected chi connectivity index (χ2v) is 3.66. The van der Waals surface area contributed by atoms with Gasteiger partial charge in [0.1, 0.15) is 0 Å². The zero-order valence-electron chi connectivity index (χ0n) is 7.49. The summed E-state index contributed by atoms with van der Waals surface area (Å²) in [6.07, 6.45) is 2.15. The average molecular weight is 171 g/mol. The average Bonchev–Trinajstić information content (AvgIpc) is 1.82. The van der Waals surface area contributed by atoms with E-state index in [0.29, 0.717) is 5.92 Å². The highest BCUT2D eigenvalue weighted by Gasteiger charge is 2.28. The Morgan fingerprint density at radius 3 is 2.67 bits per heavy atom. The summed E-state index contributed by atoms with van der Waals surface area (Å²) in [6.45, 7) is 3.65. The number of nitrogens with two attached hydrogens (primary N) is 2. The van der Waals surface area contributed by atoms with E-state index in [2.05, 4.69) is 0 Å². The lowest BCUT2D eigenvalue weighted by atomic mass is 9.93. The molecule has 1 rings (SSSR count). The molecule has 1 atom stereocenters. The van der Waals surface area contributed by atoms with Gasteiger partial charge in [-0.1, -0.05) is 0 Å². The summed E-state index contributed by atoms with van der Waals surface area (Å²) < 4.78 is 0. The Morgan fingerprint density at radius 1 is 1.67 bits per heavy atom. The molecule has 0 aliphatic carbocycles. The summed E-state index contributed by atoms with van der Waals surface area (Å²) in [5, 5.41) is 0. The van der Waals surface area contributed by atoms with Crippen LogP contribution < -0.4 is 11.5 Å². The van der Waals surface area contributed by atoms with Gasteiger partial charge in [-0.3, -0.25) is 0 Å². The zero-order valence-corrected chi connectivity index (χ0v) is 7.49. The van der Waals surface area contributed by atoms with Crippen LogP contribution in [0, 0.1) is 5.92 Å². The number of hydrogen-bond donors (Lipinski definition) is 2. The Kier molecular flexibility index (Phi) is 2.92. The van der Waals surface area contributed by atoms with Crippen molar-refractivity contribution in [3.63, 3.8) is 0 Å². The van der Waals surface area contributed by atoms with Crippen molar-refractivity contribution in [1.82, 2.24) is 4.90 Å². The highest BCUT2D eigenvalue weighted by atomic mass is 16.2. The first-order chi connectivity index (χ1) is 5.59. The molecule has 4 N–H and O–H groups in total. The van der Waals surface area contributed by atoms with E-state index in [1.54, 1.807) is 4.90 Å². The molecule has 1 aliphatic rings. The van der Waals surface area contributed by atoms with E-state index >= 15 is 0 Å². The van der Waals surface area contributed by atoms with Crippen molar-refractivity contribution in [1.29, 1.82) is 0 Å². The van der Waals surface area contributed by atoms with Crippen molar-refractivity contribution >= 4 is 6.03 Å². The summed E-state index contributed by atoms with van der Waals surface area (Å²) in [5.41, 5.74) is 10.7. The number of carbonyl (C=O) groups is 1. The number of primary amides is 1. The van der Waals surface area contributed by atoms with Crippen LogP contribution in [0.25, 0.3) is 0 Å². The van der Waals surface area contributed by atoms with Gasteiger partial charge in [0, 0.05) is 19.1 Å². The van der Waals surface area contributed by atoms with E-state index in [1.807, 2.05) is 6.92 Å². The Bertz CT molecular complexity index is 164. The first kappa shape index (κ1) is 9.32. The molecule has 0 aromatic carbocycles. The Morgan fingerprint density at radius 2 is 2.25 bits per heavy atom. The number of hydrogen-bond acceptors (Lipinski definition) is 2. The van der Waals surface area contributed by atoms with Crippen molar-refractivity contribution < 1.29 is 4.79 Å². The minimum atomic E-state index is -0.299. The fraction of sp³-hybridized carbons (Fsp3) is 0.875. The van der Waals surface area contributed by atoms with E-state index < -0.39 is 0 Å². The normalized spacial score (nSPS) is 20.3. The number of likely N-dealkylation sites (tertiary alicyclic amines) is 1. The molecule has 4 heteroatoms. The molecule has 0 aromatic rings. The van der Waals surface area contributed by atoms with Gasteiger partial charge in [0.25, 0.3) is 0 Å². The van der Waals surface area contributed by atoms with E-state index in [4.69, 9.17) is 11.5 Å². The molecule has 70 valence electrons. The minimum Gasteiger partial charge on any atom is -0.351 e. The Labute approximate surface area is 72.9 Å². The predicted molar refractivity (Wildman–Crippen MR) is 47.5 cm³/mol. The lowest BCUT2D eigenvalue weighted by Gasteiger charge is -2.38. The highest BCUT2D eigenvalue weighted by Crippen LogP contribution is 2.20. The maximum Gasteiger partial charge on any atom is 0.314 e. The van der Waals surface area contributed by atoms with Gasteiger partial charge < -0.3 is 16.4 Å². The molecule has 1 fully saturated rings. The smallest absolute Gasteiger partial charge is 0.314 e. The third-order valence-corrected chi connectivity index (χ3v) is 2.30. The monoisotopic (exact) mass is 171 g/mol. The molecule has 1 saturated heterocycles. The molecule has 0 aromatic heterocycles. The molecule has 1 heterocycles. The molecular formula is C8H17N3O. The summed E-state index contributed by atoms with van der Waals surface area (Å²) in [6, 6.07) is -0.0281. The van der Waals surface area contributed by atoms with Crippen LogP contribution in [0.15, 0.2) is 0 Å². The van der Waals surface area contributed by atoms with E-state index in [-0.39, 0.29) is 12.1 Å². The summed E-state index contributed by atoms with van der Waals surface area (Å²) in [4.78, 5) is 12.2. The van der Waals surface area contributed by atoms with Crippen LogP contribution in [0.2, 0.25) is 0 Å². The molecule has 0 spiro atoms. The minimum absolute atomic E-state index is 0.271. The molecule has 0 saturated carbocycles. The third-order valence-electron chi connectivity index (χ3n) is 2.30. The van der Waals surface area contributed by atoms with Gasteiger partial charge in [0.05, 0.1) is 0 Å². The van der Waals surface area contributed by atoms with Crippen LogP contribution >= 0.6 is 0 Å². The maximum atomic E-state index is 10.6. The van der Waals surface area contributed by atoms with Crippen LogP contribution in [-0.2, 0) is 0 Å². The van der Waals surface area contributed by atoms with Gasteiger partial charge >= 0.3 is 6.03 Å². The molecule has 0 radical (unpaired) electrons. The molecule has 12 heavy (non-hydrogen) atoms. The molecule has 2 amide bonds. The summed E-state index contributed by atoms with van der Waals surface area (Å²) in [5.74, 6) is 0.628. The molecule has 1 aliphatic heterocycles. The first-order valence-electron chi connectivity index (χ1n) is 4.39. The lowest BCUT2D eigenvalue weighted by molar-refractivity contribution is 0.120. The predicted octanol–water partition coefficient (Wildman–Crippen LogP) is 0.124. The Balaban J connectivity index is 2.06. The summed E-state index contributed by atoms with van der Waals surface area (Å²) in [7, 11) is 0. The number of amides is 2. The first-order valence-corrected chi connectivity index (χ1v) is 4.39. The number of carbonyl (C=O) groups excluding carboxylic acids is 1. The van der Waals surface area contributed by atoms with Crippen LogP contribution in [0.3, 0.4) is 0 Å². The molecule has 4 nitrogen and oxygen atoms in total. The van der Waals surface area contributed by atoms with Gasteiger partial charge in [-0.15, -0.1) is 0 Å². The molecule has 1 unspecified atom stereocenters. The zero-order chi connectivity index (χ0) is 9.14. The number of rotatable bonds is 3. The van der Waals surface area contributed by atoms with E-state index in [9.17, 15) is 4.79 Å². The second-order valence-electron chi connectivity index (χ2n) is 3.66. The van der Waals surface area contributed by atoms with Crippen LogP contribution in [0.1, 0.15) is 19.8 Å². The highest BCUT2D eigenvalue weighted by molar-refractivity contribution is 5.72. The summed E-state index contributed by atoms with van der Waals surface area (Å²) >= 11 is 0. The van der Waals surface area contributed by atoms with Crippen molar-refractivity contribution in [2.75, 3.05) is 13.1 Å². The van der Waals surface area contributed by atoms with Crippen molar-refractivity contribution in [2.24, 2.45) is 17.4 Å². The van der Waals surface area contributed by atoms with E-state index in [0.717, 1.165) is 25.9 Å². The fourth-order valence-electron chi connectivity index (χ4n) is 1.43. The molecule has 0 bridgehead atoms. The van der Waals surface area contributed by atoms with Crippen molar-refractivity contribution in [3.05, 3.63) is 0 Å².